The number of hydrogen-bond acceptors (Lipinski definition) is 5. The molecule has 0 aliphatic rings. The van der Waals surface area contributed by atoms with Gasteiger partial charge in [0.05, 0.1) is 23.3 Å². The van der Waals surface area contributed by atoms with Crippen LogP contribution in [-0.4, -0.2) is 40.8 Å². The van der Waals surface area contributed by atoms with Crippen molar-refractivity contribution in [2.24, 2.45) is 4.99 Å². The summed E-state index contributed by atoms with van der Waals surface area (Å²) in [5, 5.41) is 0. The van der Waals surface area contributed by atoms with E-state index in [2.05, 4.69) is 21.9 Å². The maximum Gasteiger partial charge on any atom is 0.338 e. The summed E-state index contributed by atoms with van der Waals surface area (Å²) >= 11 is 0. The van der Waals surface area contributed by atoms with Crippen LogP contribution >= 0.6 is 0 Å². The molecule has 0 atom stereocenters. The highest BCUT2D eigenvalue weighted by molar-refractivity contribution is 5.92. The van der Waals surface area contributed by atoms with Gasteiger partial charge in [0.15, 0.2) is 0 Å². The monoisotopic (exact) mass is 326 g/mol. The summed E-state index contributed by atoms with van der Waals surface area (Å²) in [7, 11) is 1.96. The van der Waals surface area contributed by atoms with Crippen LogP contribution in [0.25, 0.3) is 0 Å². The van der Waals surface area contributed by atoms with Crippen LogP contribution in [0, 0.1) is 13.8 Å². The van der Waals surface area contributed by atoms with Gasteiger partial charge in [-0.3, -0.25) is 0 Å². The molecule has 6 nitrogen and oxygen atoms in total. The van der Waals surface area contributed by atoms with E-state index in [1.54, 1.807) is 18.6 Å². The van der Waals surface area contributed by atoms with E-state index in [0.29, 0.717) is 11.3 Å². The number of rotatable bonds is 6. The van der Waals surface area contributed by atoms with Crippen molar-refractivity contribution in [1.29, 1.82) is 0 Å². The van der Waals surface area contributed by atoms with E-state index in [1.165, 1.54) is 6.33 Å². The summed E-state index contributed by atoms with van der Waals surface area (Å²) in [5.74, 6) is -0.365. The molecule has 0 fully saturated rings. The first-order valence-corrected chi connectivity index (χ1v) is 7.79. The van der Waals surface area contributed by atoms with Gasteiger partial charge in [-0.25, -0.2) is 19.8 Å². The van der Waals surface area contributed by atoms with E-state index in [-0.39, 0.29) is 12.6 Å². The molecule has 0 amide bonds. The van der Waals surface area contributed by atoms with Crippen molar-refractivity contribution in [2.45, 2.75) is 27.4 Å². The van der Waals surface area contributed by atoms with Gasteiger partial charge in [0.25, 0.3) is 0 Å². The lowest BCUT2D eigenvalue weighted by Crippen LogP contribution is -2.14. The maximum absolute atomic E-state index is 12.3. The van der Waals surface area contributed by atoms with Crippen LogP contribution in [0.4, 0.5) is 5.69 Å². The summed E-state index contributed by atoms with van der Waals surface area (Å²) in [6, 6.07) is 5.43. The minimum Gasteiger partial charge on any atom is -0.456 e. The van der Waals surface area contributed by atoms with Crippen molar-refractivity contribution in [3.8, 4) is 0 Å². The van der Waals surface area contributed by atoms with Crippen LogP contribution in [0.1, 0.15) is 34.1 Å². The average molecular weight is 326 g/mol. The quantitative estimate of drug-likeness (QED) is 0.464. The van der Waals surface area contributed by atoms with Gasteiger partial charge in [-0.15, -0.1) is 0 Å². The highest BCUT2D eigenvalue weighted by atomic mass is 16.5. The summed E-state index contributed by atoms with van der Waals surface area (Å²) in [4.78, 5) is 26.6. The number of ether oxygens (including phenoxy) is 1. The Kier molecular flexibility index (Phi) is 6.01. The van der Waals surface area contributed by atoms with Crippen LogP contribution in [0.3, 0.4) is 0 Å². The van der Waals surface area contributed by atoms with E-state index in [9.17, 15) is 4.79 Å². The second-order valence-corrected chi connectivity index (χ2v) is 5.55. The number of hydrogen-bond donors (Lipinski definition) is 0. The van der Waals surface area contributed by atoms with Crippen molar-refractivity contribution in [1.82, 2.24) is 14.9 Å². The van der Waals surface area contributed by atoms with E-state index in [1.807, 2.05) is 37.9 Å². The first-order chi connectivity index (χ1) is 11.5. The Balaban J connectivity index is 2.11. The van der Waals surface area contributed by atoms with Gasteiger partial charge in [0.1, 0.15) is 12.9 Å². The van der Waals surface area contributed by atoms with E-state index < -0.39 is 0 Å². The second kappa shape index (κ2) is 8.19. The molecular formula is C18H22N4O2. The minimum absolute atomic E-state index is 0.126. The number of aromatic nitrogens is 2. The molecular weight excluding hydrogens is 304 g/mol. The lowest BCUT2D eigenvalue weighted by molar-refractivity contribution is 0.0466. The summed E-state index contributed by atoms with van der Waals surface area (Å²) in [6.07, 6.45) is 4.83. The zero-order valence-electron chi connectivity index (χ0n) is 14.5. The lowest BCUT2D eigenvalue weighted by Gasteiger charge is -2.11. The Labute approximate surface area is 142 Å². The standard InChI is InChI=1S/C18H22N4O2/c1-5-22(4)12-21-17-9-13(2)16(8-14(17)3)18(23)24-10-15-6-7-19-11-20-15/h6-9,11-12H,5,10H2,1-4H3/b21-12+. The van der Waals surface area contributed by atoms with Gasteiger partial charge in [-0.1, -0.05) is 0 Å². The molecule has 1 aromatic heterocycles. The average Bonchev–Trinajstić information content (AvgIpc) is 2.60. The van der Waals surface area contributed by atoms with Crippen molar-refractivity contribution >= 4 is 18.0 Å². The number of benzene rings is 1. The molecule has 0 bridgehead atoms. The lowest BCUT2D eigenvalue weighted by atomic mass is 10.0. The molecule has 0 spiro atoms. The fourth-order valence-corrected chi connectivity index (χ4v) is 2.02. The largest absolute Gasteiger partial charge is 0.456 e. The Bertz CT molecular complexity index is 729. The second-order valence-electron chi connectivity index (χ2n) is 5.55. The molecule has 0 aliphatic carbocycles. The van der Waals surface area contributed by atoms with Gasteiger partial charge in [-0.2, -0.15) is 0 Å². The molecule has 1 aromatic carbocycles. The Morgan fingerprint density at radius 2 is 2.12 bits per heavy atom. The summed E-state index contributed by atoms with van der Waals surface area (Å²) in [6.45, 7) is 6.87. The normalized spacial score (nSPS) is 10.8. The highest BCUT2D eigenvalue weighted by Gasteiger charge is 2.13. The molecule has 1 heterocycles. The van der Waals surface area contributed by atoms with Crippen LogP contribution in [0.2, 0.25) is 0 Å². The third-order valence-electron chi connectivity index (χ3n) is 3.65. The van der Waals surface area contributed by atoms with Gasteiger partial charge >= 0.3 is 5.97 Å². The van der Waals surface area contributed by atoms with E-state index in [4.69, 9.17) is 4.74 Å². The molecule has 24 heavy (non-hydrogen) atoms. The molecule has 0 saturated heterocycles. The van der Waals surface area contributed by atoms with Crippen molar-refractivity contribution in [3.05, 3.63) is 53.1 Å². The van der Waals surface area contributed by atoms with Crippen LogP contribution in [0.5, 0.6) is 0 Å². The molecule has 0 unspecified atom stereocenters. The van der Waals surface area contributed by atoms with Crippen LogP contribution in [0.15, 0.2) is 35.7 Å². The molecule has 2 rings (SSSR count). The fourth-order valence-electron chi connectivity index (χ4n) is 2.02. The van der Waals surface area contributed by atoms with E-state index in [0.717, 1.165) is 23.4 Å². The number of carbonyl (C=O) groups excluding carboxylic acids is 1. The van der Waals surface area contributed by atoms with Crippen molar-refractivity contribution in [3.63, 3.8) is 0 Å². The summed E-state index contributed by atoms with van der Waals surface area (Å²) in [5.41, 5.74) is 3.82. The summed E-state index contributed by atoms with van der Waals surface area (Å²) < 4.78 is 5.33. The van der Waals surface area contributed by atoms with Gasteiger partial charge in [0, 0.05) is 19.8 Å². The molecule has 0 aliphatic heterocycles. The zero-order chi connectivity index (χ0) is 17.5. The molecule has 126 valence electrons. The van der Waals surface area contributed by atoms with Gasteiger partial charge in [0.2, 0.25) is 0 Å². The van der Waals surface area contributed by atoms with Crippen LogP contribution < -0.4 is 0 Å². The fraction of sp³-hybridized carbons (Fsp3) is 0.333. The molecule has 0 saturated carbocycles. The topological polar surface area (TPSA) is 67.7 Å². The van der Waals surface area contributed by atoms with Crippen molar-refractivity contribution in [2.75, 3.05) is 13.6 Å². The number of aliphatic imine (C=N–C) groups is 1. The number of aryl methyl sites for hydroxylation is 2. The number of esters is 1. The Morgan fingerprint density at radius 3 is 2.79 bits per heavy atom. The van der Waals surface area contributed by atoms with Crippen LogP contribution in [-0.2, 0) is 11.3 Å². The number of carbonyl (C=O) groups is 1. The Morgan fingerprint density at radius 1 is 1.33 bits per heavy atom. The van der Waals surface area contributed by atoms with Gasteiger partial charge < -0.3 is 9.64 Å². The third-order valence-corrected chi connectivity index (χ3v) is 3.65. The minimum atomic E-state index is -0.365. The predicted octanol–water partition coefficient (Wildman–Crippen LogP) is 3.06. The molecule has 2 aromatic rings. The highest BCUT2D eigenvalue weighted by Crippen LogP contribution is 2.24. The predicted molar refractivity (Wildman–Crippen MR) is 93.5 cm³/mol. The first-order valence-electron chi connectivity index (χ1n) is 7.79. The first kappa shape index (κ1) is 17.6. The van der Waals surface area contributed by atoms with Crippen molar-refractivity contribution < 1.29 is 9.53 Å². The molecule has 0 radical (unpaired) electrons. The maximum atomic E-state index is 12.3. The van der Waals surface area contributed by atoms with E-state index >= 15 is 0 Å². The number of nitrogens with zero attached hydrogens (tertiary/aromatic N) is 4. The smallest absolute Gasteiger partial charge is 0.338 e. The molecule has 0 N–H and O–H groups in total. The zero-order valence-corrected chi connectivity index (χ0v) is 14.5. The molecule has 6 heteroatoms. The third kappa shape index (κ3) is 4.62. The van der Waals surface area contributed by atoms with Gasteiger partial charge in [-0.05, 0) is 50.1 Å². The Hall–Kier alpha value is -2.76. The SMILES string of the molecule is CCN(C)/C=N/c1cc(C)c(C(=O)OCc2ccncn2)cc1C.